The van der Waals surface area contributed by atoms with Crippen molar-refractivity contribution in [1.29, 1.82) is 0 Å². The van der Waals surface area contributed by atoms with E-state index in [9.17, 15) is 4.39 Å². The third-order valence-corrected chi connectivity index (χ3v) is 3.97. The molecule has 0 saturated carbocycles. The lowest BCUT2D eigenvalue weighted by Crippen LogP contribution is -2.14. The second kappa shape index (κ2) is 7.05. The van der Waals surface area contributed by atoms with Crippen LogP contribution in [0.4, 0.5) is 4.39 Å². The van der Waals surface area contributed by atoms with E-state index in [-0.39, 0.29) is 11.9 Å². The Labute approximate surface area is 133 Å². The van der Waals surface area contributed by atoms with E-state index in [0.717, 1.165) is 21.3 Å². The van der Waals surface area contributed by atoms with Crippen LogP contribution in [0.25, 0.3) is 0 Å². The molecule has 4 heteroatoms. The number of ether oxygens (including phenoxy) is 1. The minimum atomic E-state index is -0.207. The molecule has 0 bridgehead atoms. The molecule has 112 valence electrons. The number of benzene rings is 2. The van der Waals surface area contributed by atoms with Gasteiger partial charge >= 0.3 is 0 Å². The minimum Gasteiger partial charge on any atom is -0.489 e. The van der Waals surface area contributed by atoms with E-state index in [1.165, 1.54) is 0 Å². The van der Waals surface area contributed by atoms with Crippen LogP contribution in [-0.2, 0) is 6.61 Å². The molecule has 0 aliphatic heterocycles. The van der Waals surface area contributed by atoms with Crippen molar-refractivity contribution in [2.45, 2.75) is 26.5 Å². The lowest BCUT2D eigenvalue weighted by molar-refractivity contribution is 0.299. The molecule has 0 radical (unpaired) electrons. The summed E-state index contributed by atoms with van der Waals surface area (Å²) < 4.78 is 20.7. The van der Waals surface area contributed by atoms with Crippen LogP contribution in [0, 0.1) is 12.7 Å². The first-order valence-corrected chi connectivity index (χ1v) is 7.65. The molecule has 0 saturated heterocycles. The lowest BCUT2D eigenvalue weighted by Gasteiger charge is -2.18. The maximum Gasteiger partial charge on any atom is 0.126 e. The quantitative estimate of drug-likeness (QED) is 0.838. The standard InChI is InChI=1S/C17H19BrFNO/c1-11-7-17(15(9-16(11)19)12(2)20-3)21-10-13-5-4-6-14(18)8-13/h4-9,12,20H,10H2,1-3H3. The summed E-state index contributed by atoms with van der Waals surface area (Å²) >= 11 is 3.44. The highest BCUT2D eigenvalue weighted by Crippen LogP contribution is 2.29. The molecule has 2 nitrogen and oxygen atoms in total. The van der Waals surface area contributed by atoms with Crippen LogP contribution in [0.1, 0.15) is 29.7 Å². The van der Waals surface area contributed by atoms with Gasteiger partial charge in [0.1, 0.15) is 18.2 Å². The van der Waals surface area contributed by atoms with Crippen molar-refractivity contribution in [3.63, 3.8) is 0 Å². The second-order valence-electron chi connectivity index (χ2n) is 5.07. The third-order valence-electron chi connectivity index (χ3n) is 3.47. The Balaban J connectivity index is 2.24. The van der Waals surface area contributed by atoms with E-state index in [2.05, 4.69) is 21.2 Å². The summed E-state index contributed by atoms with van der Waals surface area (Å²) in [6.07, 6.45) is 0. The highest BCUT2D eigenvalue weighted by molar-refractivity contribution is 9.10. The fourth-order valence-corrected chi connectivity index (χ4v) is 2.52. The first-order valence-electron chi connectivity index (χ1n) is 6.86. The third kappa shape index (κ3) is 4.05. The van der Waals surface area contributed by atoms with Crippen LogP contribution in [0.2, 0.25) is 0 Å². The van der Waals surface area contributed by atoms with Crippen LogP contribution in [-0.4, -0.2) is 7.05 Å². The highest BCUT2D eigenvalue weighted by atomic mass is 79.9. The Hall–Kier alpha value is -1.39. The lowest BCUT2D eigenvalue weighted by atomic mass is 10.0. The summed E-state index contributed by atoms with van der Waals surface area (Å²) in [6.45, 7) is 4.18. The number of hydrogen-bond acceptors (Lipinski definition) is 2. The van der Waals surface area contributed by atoms with Gasteiger partial charge in [-0.25, -0.2) is 4.39 Å². The average molecular weight is 352 g/mol. The average Bonchev–Trinajstić information content (AvgIpc) is 2.47. The van der Waals surface area contributed by atoms with Crippen molar-refractivity contribution in [3.05, 3.63) is 63.4 Å². The predicted octanol–water partition coefficient (Wildman–Crippen LogP) is 4.76. The van der Waals surface area contributed by atoms with E-state index in [1.54, 1.807) is 19.1 Å². The summed E-state index contributed by atoms with van der Waals surface area (Å²) in [6, 6.07) is 11.3. The number of hydrogen-bond donors (Lipinski definition) is 1. The summed E-state index contributed by atoms with van der Waals surface area (Å²) in [5.74, 6) is 0.512. The van der Waals surface area contributed by atoms with Gasteiger partial charge in [0.2, 0.25) is 0 Å². The summed E-state index contributed by atoms with van der Waals surface area (Å²) in [5, 5.41) is 3.12. The number of halogens is 2. The monoisotopic (exact) mass is 351 g/mol. The van der Waals surface area contributed by atoms with E-state index in [4.69, 9.17) is 4.74 Å². The summed E-state index contributed by atoms with van der Waals surface area (Å²) in [4.78, 5) is 0. The molecular weight excluding hydrogens is 333 g/mol. The van der Waals surface area contributed by atoms with Gasteiger partial charge in [0.15, 0.2) is 0 Å². The maximum atomic E-state index is 13.8. The molecule has 1 N–H and O–H groups in total. The molecule has 1 unspecified atom stereocenters. The molecule has 0 aromatic heterocycles. The molecule has 1 atom stereocenters. The zero-order valence-corrected chi connectivity index (χ0v) is 14.0. The molecule has 2 rings (SSSR count). The van der Waals surface area contributed by atoms with Crippen LogP contribution >= 0.6 is 15.9 Å². The van der Waals surface area contributed by atoms with Crippen LogP contribution in [0.3, 0.4) is 0 Å². The molecule has 0 aliphatic carbocycles. The van der Waals surface area contributed by atoms with Crippen molar-refractivity contribution < 1.29 is 9.13 Å². The summed E-state index contributed by atoms with van der Waals surface area (Å²) in [5.41, 5.74) is 2.48. The van der Waals surface area contributed by atoms with Crippen molar-refractivity contribution in [3.8, 4) is 5.75 Å². The molecule has 2 aromatic rings. The summed E-state index contributed by atoms with van der Waals surface area (Å²) in [7, 11) is 1.85. The molecule has 0 amide bonds. The molecule has 0 heterocycles. The zero-order valence-electron chi connectivity index (χ0n) is 12.4. The predicted molar refractivity (Wildman–Crippen MR) is 87.1 cm³/mol. The Morgan fingerprint density at radius 3 is 2.71 bits per heavy atom. The fraction of sp³-hybridized carbons (Fsp3) is 0.294. The molecular formula is C17H19BrFNO. The van der Waals surface area contributed by atoms with Crippen molar-refractivity contribution in [2.24, 2.45) is 0 Å². The van der Waals surface area contributed by atoms with Gasteiger partial charge in [-0.05, 0) is 56.3 Å². The normalized spacial score (nSPS) is 12.2. The second-order valence-corrected chi connectivity index (χ2v) is 5.98. The van der Waals surface area contributed by atoms with Crippen molar-refractivity contribution >= 4 is 15.9 Å². The Morgan fingerprint density at radius 1 is 1.29 bits per heavy atom. The Kier molecular flexibility index (Phi) is 5.37. The largest absolute Gasteiger partial charge is 0.489 e. The zero-order chi connectivity index (χ0) is 15.4. The first-order chi connectivity index (χ1) is 10.0. The van der Waals surface area contributed by atoms with Gasteiger partial charge in [-0.1, -0.05) is 28.1 Å². The minimum absolute atomic E-state index is 0.0256. The molecule has 21 heavy (non-hydrogen) atoms. The van der Waals surface area contributed by atoms with Crippen LogP contribution in [0.5, 0.6) is 5.75 Å². The topological polar surface area (TPSA) is 21.3 Å². The van der Waals surface area contributed by atoms with Gasteiger partial charge in [0.05, 0.1) is 0 Å². The van der Waals surface area contributed by atoms with Gasteiger partial charge in [-0.2, -0.15) is 0 Å². The van der Waals surface area contributed by atoms with Crippen molar-refractivity contribution in [1.82, 2.24) is 5.32 Å². The molecule has 0 fully saturated rings. The van der Waals surface area contributed by atoms with Gasteiger partial charge in [0, 0.05) is 16.1 Å². The van der Waals surface area contributed by atoms with Crippen LogP contribution < -0.4 is 10.1 Å². The van der Waals surface area contributed by atoms with Gasteiger partial charge in [-0.3, -0.25) is 0 Å². The first kappa shape index (κ1) is 16.0. The number of nitrogens with one attached hydrogen (secondary N) is 1. The van der Waals surface area contributed by atoms with Gasteiger partial charge in [0.25, 0.3) is 0 Å². The van der Waals surface area contributed by atoms with Crippen molar-refractivity contribution in [2.75, 3.05) is 7.05 Å². The SMILES string of the molecule is CNC(C)c1cc(F)c(C)cc1OCc1cccc(Br)c1. The van der Waals surface area contributed by atoms with E-state index < -0.39 is 0 Å². The Morgan fingerprint density at radius 2 is 2.05 bits per heavy atom. The van der Waals surface area contributed by atoms with Gasteiger partial charge in [-0.15, -0.1) is 0 Å². The number of rotatable bonds is 5. The number of aryl methyl sites for hydroxylation is 1. The molecule has 0 spiro atoms. The maximum absolute atomic E-state index is 13.8. The Bertz CT molecular complexity index is 630. The highest BCUT2D eigenvalue weighted by Gasteiger charge is 2.13. The van der Waals surface area contributed by atoms with E-state index in [1.807, 2.05) is 38.2 Å². The van der Waals surface area contributed by atoms with Gasteiger partial charge < -0.3 is 10.1 Å². The van der Waals surface area contributed by atoms with E-state index >= 15 is 0 Å². The molecule has 0 aliphatic rings. The smallest absolute Gasteiger partial charge is 0.126 e. The molecule has 2 aromatic carbocycles. The fourth-order valence-electron chi connectivity index (χ4n) is 2.08. The van der Waals surface area contributed by atoms with E-state index in [0.29, 0.717) is 12.2 Å². The van der Waals surface area contributed by atoms with Crippen LogP contribution in [0.15, 0.2) is 40.9 Å².